The molecule has 0 aliphatic carbocycles. The number of rotatable bonds is 4. The molecule has 0 saturated carbocycles. The van der Waals surface area contributed by atoms with Crippen LogP contribution >= 0.6 is 0 Å². The van der Waals surface area contributed by atoms with Crippen LogP contribution in [0.4, 0.5) is 5.69 Å². The van der Waals surface area contributed by atoms with E-state index in [0.717, 1.165) is 11.4 Å². The molecule has 4 rings (SSSR count). The highest BCUT2D eigenvalue weighted by atomic mass is 15.5. The summed E-state index contributed by atoms with van der Waals surface area (Å²) in [6, 6.07) is 29.7. The summed E-state index contributed by atoms with van der Waals surface area (Å²) in [5.74, 6) is 0. The second-order valence-corrected chi connectivity index (χ2v) is 6.54. The van der Waals surface area contributed by atoms with E-state index in [9.17, 15) is 0 Å². The van der Waals surface area contributed by atoms with E-state index in [1.54, 1.807) is 0 Å². The Morgan fingerprint density at radius 2 is 1.42 bits per heavy atom. The highest BCUT2D eigenvalue weighted by Crippen LogP contribution is 2.32. The van der Waals surface area contributed by atoms with Crippen molar-refractivity contribution in [2.75, 3.05) is 5.01 Å². The van der Waals surface area contributed by atoms with Crippen molar-refractivity contribution in [2.45, 2.75) is 13.0 Å². The first-order valence-electron chi connectivity index (χ1n) is 8.92. The Hall–Kier alpha value is -3.26. The number of anilines is 1. The van der Waals surface area contributed by atoms with Crippen molar-refractivity contribution in [3.8, 4) is 0 Å². The Balaban J connectivity index is 1.64. The number of nitrogens with zero attached hydrogens (tertiary/aromatic N) is 1. The second kappa shape index (κ2) is 7.32. The van der Waals surface area contributed by atoms with Crippen molar-refractivity contribution in [3.05, 3.63) is 119 Å². The van der Waals surface area contributed by atoms with Gasteiger partial charge in [-0.3, -0.25) is 10.4 Å². The minimum atomic E-state index is 0.161. The van der Waals surface area contributed by atoms with Gasteiger partial charge in [-0.05, 0) is 42.3 Å². The van der Waals surface area contributed by atoms with Gasteiger partial charge in [-0.1, -0.05) is 84.4 Å². The van der Waals surface area contributed by atoms with E-state index in [1.165, 1.54) is 16.7 Å². The lowest BCUT2D eigenvalue weighted by molar-refractivity contribution is 0.709. The Labute approximate surface area is 155 Å². The molecule has 26 heavy (non-hydrogen) atoms. The minimum absolute atomic E-state index is 0.161. The summed E-state index contributed by atoms with van der Waals surface area (Å²) >= 11 is 0. The zero-order valence-electron chi connectivity index (χ0n) is 14.8. The van der Waals surface area contributed by atoms with Gasteiger partial charge < -0.3 is 0 Å². The number of aryl methyl sites for hydroxylation is 1. The van der Waals surface area contributed by atoms with Gasteiger partial charge in [0.1, 0.15) is 0 Å². The third kappa shape index (κ3) is 3.55. The maximum absolute atomic E-state index is 3.55. The van der Waals surface area contributed by atoms with Crippen LogP contribution in [0.25, 0.3) is 6.08 Å². The van der Waals surface area contributed by atoms with Gasteiger partial charge in [-0.25, -0.2) is 0 Å². The summed E-state index contributed by atoms with van der Waals surface area (Å²) in [6.07, 6.45) is 6.55. The predicted octanol–water partition coefficient (Wildman–Crippen LogP) is 5.66. The molecule has 1 unspecified atom stereocenters. The first kappa shape index (κ1) is 16.2. The maximum Gasteiger partial charge on any atom is 0.0958 e. The van der Waals surface area contributed by atoms with Gasteiger partial charge in [0.25, 0.3) is 0 Å². The van der Waals surface area contributed by atoms with E-state index in [-0.39, 0.29) is 6.04 Å². The second-order valence-electron chi connectivity index (χ2n) is 6.54. The van der Waals surface area contributed by atoms with E-state index in [1.807, 2.05) is 6.07 Å². The summed E-state index contributed by atoms with van der Waals surface area (Å²) in [5.41, 5.74) is 9.54. The van der Waals surface area contributed by atoms with Crippen LogP contribution in [-0.4, -0.2) is 0 Å². The third-order valence-corrected chi connectivity index (χ3v) is 4.57. The molecule has 0 amide bonds. The third-order valence-electron chi connectivity index (χ3n) is 4.57. The van der Waals surface area contributed by atoms with Gasteiger partial charge >= 0.3 is 0 Å². The molecule has 3 aromatic rings. The minimum Gasteiger partial charge on any atom is -0.298 e. The molecular weight excluding hydrogens is 316 g/mol. The molecule has 1 atom stereocenters. The van der Waals surface area contributed by atoms with E-state index < -0.39 is 0 Å². The highest BCUT2D eigenvalue weighted by molar-refractivity contribution is 5.58. The number of hydrazine groups is 1. The summed E-state index contributed by atoms with van der Waals surface area (Å²) in [7, 11) is 0. The zero-order valence-corrected chi connectivity index (χ0v) is 14.8. The molecule has 3 aromatic carbocycles. The van der Waals surface area contributed by atoms with Gasteiger partial charge in [-0.15, -0.1) is 0 Å². The van der Waals surface area contributed by atoms with Crippen LogP contribution < -0.4 is 10.4 Å². The molecule has 1 heterocycles. The molecule has 0 spiro atoms. The van der Waals surface area contributed by atoms with Gasteiger partial charge in [-0.2, -0.15) is 0 Å². The fourth-order valence-electron chi connectivity index (χ4n) is 3.16. The molecule has 0 aromatic heterocycles. The smallest absolute Gasteiger partial charge is 0.0958 e. The van der Waals surface area contributed by atoms with Crippen molar-refractivity contribution in [3.63, 3.8) is 0 Å². The number of allylic oxidation sites excluding steroid dienone is 1. The Kier molecular flexibility index (Phi) is 4.57. The Morgan fingerprint density at radius 1 is 0.769 bits per heavy atom. The van der Waals surface area contributed by atoms with E-state index in [2.05, 4.69) is 114 Å². The number of nitrogens with one attached hydrogen (secondary N) is 1. The number of hydrogen-bond acceptors (Lipinski definition) is 2. The van der Waals surface area contributed by atoms with Gasteiger partial charge in [0, 0.05) is 0 Å². The van der Waals surface area contributed by atoms with E-state index in [4.69, 9.17) is 0 Å². The van der Waals surface area contributed by atoms with Crippen LogP contribution in [0.5, 0.6) is 0 Å². The van der Waals surface area contributed by atoms with Crippen LogP contribution in [0.3, 0.4) is 0 Å². The van der Waals surface area contributed by atoms with Gasteiger partial charge in [0.05, 0.1) is 17.4 Å². The van der Waals surface area contributed by atoms with Gasteiger partial charge in [0.2, 0.25) is 0 Å². The lowest BCUT2D eigenvalue weighted by Gasteiger charge is -2.27. The highest BCUT2D eigenvalue weighted by Gasteiger charge is 2.25. The van der Waals surface area contributed by atoms with E-state index in [0.29, 0.717) is 0 Å². The van der Waals surface area contributed by atoms with Crippen LogP contribution in [0.15, 0.2) is 103 Å². The average Bonchev–Trinajstić information content (AvgIpc) is 3.13. The topological polar surface area (TPSA) is 15.3 Å². The first-order chi connectivity index (χ1) is 12.8. The van der Waals surface area contributed by atoms with Crippen LogP contribution in [0, 0.1) is 6.92 Å². The normalized spacial score (nSPS) is 16.6. The summed E-state index contributed by atoms with van der Waals surface area (Å²) in [5, 5.41) is 2.22. The predicted molar refractivity (Wildman–Crippen MR) is 110 cm³/mol. The van der Waals surface area contributed by atoms with Crippen molar-refractivity contribution < 1.29 is 0 Å². The molecular formula is C24H22N2. The largest absolute Gasteiger partial charge is 0.298 e. The lowest BCUT2D eigenvalue weighted by atomic mass is 10.1. The van der Waals surface area contributed by atoms with Gasteiger partial charge in [0.15, 0.2) is 0 Å². The molecule has 2 heteroatoms. The molecule has 0 bridgehead atoms. The molecule has 1 N–H and O–H groups in total. The Morgan fingerprint density at radius 3 is 2.12 bits per heavy atom. The average molecular weight is 338 g/mol. The molecule has 0 fully saturated rings. The molecule has 1 aliphatic rings. The fourth-order valence-corrected chi connectivity index (χ4v) is 3.16. The molecule has 2 nitrogen and oxygen atoms in total. The summed E-state index contributed by atoms with van der Waals surface area (Å²) in [6.45, 7) is 2.11. The standard InChI is InChI=1S/C24H22N2/c1-19-12-16-23(17-13-19)26-24(21-10-6-3-7-11-21)18-22(25-26)15-14-20-8-4-2-5-9-20/h2-18,24-25H,1H3. The summed E-state index contributed by atoms with van der Waals surface area (Å²) in [4.78, 5) is 0. The van der Waals surface area contributed by atoms with Crippen LogP contribution in [0.1, 0.15) is 22.7 Å². The number of hydrogen-bond donors (Lipinski definition) is 1. The summed E-state index contributed by atoms with van der Waals surface area (Å²) < 4.78 is 0. The van der Waals surface area contributed by atoms with E-state index >= 15 is 0 Å². The first-order valence-corrected chi connectivity index (χ1v) is 8.92. The quantitative estimate of drug-likeness (QED) is 0.660. The Bertz CT molecular complexity index is 909. The fraction of sp³-hybridized carbons (Fsp3) is 0.0833. The van der Waals surface area contributed by atoms with Crippen LogP contribution in [-0.2, 0) is 0 Å². The molecule has 0 radical (unpaired) electrons. The molecule has 1 aliphatic heterocycles. The molecule has 128 valence electrons. The van der Waals surface area contributed by atoms with Crippen molar-refractivity contribution in [1.29, 1.82) is 0 Å². The van der Waals surface area contributed by atoms with Crippen molar-refractivity contribution in [1.82, 2.24) is 5.43 Å². The SMILES string of the molecule is Cc1ccc(N2NC(C=Cc3ccccc3)=CC2c2ccccc2)cc1. The van der Waals surface area contributed by atoms with Crippen molar-refractivity contribution in [2.24, 2.45) is 0 Å². The number of benzene rings is 3. The van der Waals surface area contributed by atoms with Crippen LogP contribution in [0.2, 0.25) is 0 Å². The molecule has 0 saturated heterocycles. The monoisotopic (exact) mass is 338 g/mol. The van der Waals surface area contributed by atoms with Crippen molar-refractivity contribution >= 4 is 11.8 Å². The zero-order chi connectivity index (χ0) is 17.8. The lowest BCUT2D eigenvalue weighted by Crippen LogP contribution is -2.34. The maximum atomic E-state index is 3.55.